The molecule has 3 rings (SSSR count). The van der Waals surface area contributed by atoms with Crippen molar-refractivity contribution in [2.75, 3.05) is 12.4 Å². The van der Waals surface area contributed by atoms with Crippen LogP contribution in [0, 0.1) is 5.92 Å². The summed E-state index contributed by atoms with van der Waals surface area (Å²) in [6, 6.07) is 17.7. The summed E-state index contributed by atoms with van der Waals surface area (Å²) >= 11 is 0. The Morgan fingerprint density at radius 2 is 1.75 bits per heavy atom. The highest BCUT2D eigenvalue weighted by Gasteiger charge is 2.33. The summed E-state index contributed by atoms with van der Waals surface area (Å²) < 4.78 is 5.13. The number of hydrogen-bond donors (Lipinski definition) is 2. The normalized spacial score (nSPS) is 16.2. The first-order valence-corrected chi connectivity index (χ1v) is 8.43. The highest BCUT2D eigenvalue weighted by Crippen LogP contribution is 2.41. The van der Waals surface area contributed by atoms with Gasteiger partial charge >= 0.3 is 0 Å². The first-order chi connectivity index (χ1) is 11.7. The number of hydrogen-bond acceptors (Lipinski definition) is 3. The molecule has 0 unspecified atom stereocenters. The summed E-state index contributed by atoms with van der Waals surface area (Å²) in [5.41, 5.74) is 2.03. The third kappa shape index (κ3) is 4.15. The van der Waals surface area contributed by atoms with E-state index in [4.69, 9.17) is 4.74 Å². The SMILES string of the molecule is COc1ccc(NC(=O)[C@@H](C)N[C@@H](c2ccccc2)C2CC2)cc1. The van der Waals surface area contributed by atoms with Crippen LogP contribution in [0.4, 0.5) is 5.69 Å². The lowest BCUT2D eigenvalue weighted by molar-refractivity contribution is -0.118. The zero-order valence-electron chi connectivity index (χ0n) is 14.2. The molecule has 1 fully saturated rings. The van der Waals surface area contributed by atoms with Gasteiger partial charge < -0.3 is 10.1 Å². The van der Waals surface area contributed by atoms with Crippen LogP contribution in [0.15, 0.2) is 54.6 Å². The van der Waals surface area contributed by atoms with Crippen LogP contribution in [-0.4, -0.2) is 19.1 Å². The largest absolute Gasteiger partial charge is 0.497 e. The first-order valence-electron chi connectivity index (χ1n) is 8.43. The van der Waals surface area contributed by atoms with E-state index in [-0.39, 0.29) is 18.0 Å². The van der Waals surface area contributed by atoms with Crippen LogP contribution >= 0.6 is 0 Å². The first kappa shape index (κ1) is 16.5. The minimum absolute atomic E-state index is 0.0262. The van der Waals surface area contributed by atoms with Crippen molar-refractivity contribution in [1.82, 2.24) is 5.32 Å². The molecule has 4 nitrogen and oxygen atoms in total. The number of anilines is 1. The molecule has 2 atom stereocenters. The third-order valence-corrected chi connectivity index (χ3v) is 4.43. The molecule has 126 valence electrons. The maximum atomic E-state index is 12.5. The standard InChI is InChI=1S/C20H24N2O2/c1-14(20(23)22-17-10-12-18(24-2)13-11-17)21-19(16-8-9-16)15-6-4-3-5-7-15/h3-7,10-14,16,19,21H,8-9H2,1-2H3,(H,22,23)/t14-,19+/m1/s1. The van der Waals surface area contributed by atoms with E-state index in [2.05, 4.69) is 34.9 Å². The molecular weight excluding hydrogens is 300 g/mol. The van der Waals surface area contributed by atoms with Crippen LogP contribution in [0.25, 0.3) is 0 Å². The Morgan fingerprint density at radius 3 is 2.33 bits per heavy atom. The van der Waals surface area contributed by atoms with Gasteiger partial charge in [0.2, 0.25) is 5.91 Å². The second-order valence-corrected chi connectivity index (χ2v) is 6.33. The van der Waals surface area contributed by atoms with E-state index in [9.17, 15) is 4.79 Å². The van der Waals surface area contributed by atoms with Gasteiger partial charge in [0.25, 0.3) is 0 Å². The van der Waals surface area contributed by atoms with Crippen molar-refractivity contribution < 1.29 is 9.53 Å². The average molecular weight is 324 g/mol. The summed E-state index contributed by atoms with van der Waals surface area (Å²) in [6.45, 7) is 1.91. The fraction of sp³-hybridized carbons (Fsp3) is 0.350. The molecule has 4 heteroatoms. The van der Waals surface area contributed by atoms with Gasteiger partial charge in [-0.15, -0.1) is 0 Å². The Balaban J connectivity index is 1.62. The molecule has 2 N–H and O–H groups in total. The van der Waals surface area contributed by atoms with Crippen LogP contribution in [0.5, 0.6) is 5.75 Å². The number of benzene rings is 2. The molecule has 0 radical (unpaired) electrons. The van der Waals surface area contributed by atoms with E-state index in [1.807, 2.05) is 37.3 Å². The van der Waals surface area contributed by atoms with Gasteiger partial charge in [-0.25, -0.2) is 0 Å². The lowest BCUT2D eigenvalue weighted by atomic mass is 10.0. The second kappa shape index (κ2) is 7.49. The van der Waals surface area contributed by atoms with Crippen LogP contribution in [0.1, 0.15) is 31.4 Å². The molecule has 0 spiro atoms. The van der Waals surface area contributed by atoms with Crippen LogP contribution in [0.3, 0.4) is 0 Å². The van der Waals surface area contributed by atoms with Gasteiger partial charge in [-0.2, -0.15) is 0 Å². The van der Waals surface area contributed by atoms with E-state index in [1.165, 1.54) is 18.4 Å². The van der Waals surface area contributed by atoms with Gasteiger partial charge in [-0.05, 0) is 55.5 Å². The van der Waals surface area contributed by atoms with Crippen molar-refractivity contribution in [3.05, 3.63) is 60.2 Å². The summed E-state index contributed by atoms with van der Waals surface area (Å²) in [7, 11) is 1.63. The number of carbonyl (C=O) groups is 1. The Hall–Kier alpha value is -2.33. The van der Waals surface area contributed by atoms with Crippen molar-refractivity contribution in [2.45, 2.75) is 31.8 Å². The highest BCUT2D eigenvalue weighted by atomic mass is 16.5. The Kier molecular flexibility index (Phi) is 5.16. The molecule has 24 heavy (non-hydrogen) atoms. The minimum atomic E-state index is -0.266. The molecule has 0 aliphatic heterocycles. The maximum Gasteiger partial charge on any atom is 0.241 e. The van der Waals surface area contributed by atoms with E-state index in [0.717, 1.165) is 11.4 Å². The minimum Gasteiger partial charge on any atom is -0.497 e. The second-order valence-electron chi connectivity index (χ2n) is 6.33. The van der Waals surface area contributed by atoms with Gasteiger partial charge in [0.1, 0.15) is 5.75 Å². The molecule has 1 aliphatic rings. The van der Waals surface area contributed by atoms with Crippen molar-refractivity contribution in [1.29, 1.82) is 0 Å². The predicted octanol–water partition coefficient (Wildman–Crippen LogP) is 3.76. The molecular formula is C20H24N2O2. The maximum absolute atomic E-state index is 12.5. The molecule has 0 saturated heterocycles. The summed E-state index contributed by atoms with van der Waals surface area (Å²) in [6.07, 6.45) is 2.44. The number of carbonyl (C=O) groups excluding carboxylic acids is 1. The quantitative estimate of drug-likeness (QED) is 0.815. The zero-order valence-corrected chi connectivity index (χ0v) is 14.2. The Morgan fingerprint density at radius 1 is 1.08 bits per heavy atom. The Bertz CT molecular complexity index is 666. The van der Waals surface area contributed by atoms with Crippen molar-refractivity contribution in [3.8, 4) is 5.75 Å². The average Bonchev–Trinajstić information content (AvgIpc) is 3.45. The van der Waals surface area contributed by atoms with E-state index in [0.29, 0.717) is 5.92 Å². The summed E-state index contributed by atoms with van der Waals surface area (Å²) in [4.78, 5) is 12.5. The number of rotatable bonds is 7. The number of methoxy groups -OCH3 is 1. The van der Waals surface area contributed by atoms with Gasteiger partial charge in [-0.1, -0.05) is 30.3 Å². The monoisotopic (exact) mass is 324 g/mol. The number of amides is 1. The predicted molar refractivity (Wildman–Crippen MR) is 96.1 cm³/mol. The van der Waals surface area contributed by atoms with Crippen LogP contribution < -0.4 is 15.4 Å². The lowest BCUT2D eigenvalue weighted by Gasteiger charge is -2.23. The smallest absolute Gasteiger partial charge is 0.241 e. The van der Waals surface area contributed by atoms with Crippen molar-refractivity contribution in [3.63, 3.8) is 0 Å². The molecule has 1 amide bonds. The van der Waals surface area contributed by atoms with Gasteiger partial charge in [0.15, 0.2) is 0 Å². The molecule has 0 heterocycles. The molecule has 2 aromatic rings. The van der Waals surface area contributed by atoms with Gasteiger partial charge in [0.05, 0.1) is 13.2 Å². The fourth-order valence-electron chi connectivity index (χ4n) is 2.86. The van der Waals surface area contributed by atoms with E-state index in [1.54, 1.807) is 7.11 Å². The van der Waals surface area contributed by atoms with E-state index < -0.39 is 0 Å². The van der Waals surface area contributed by atoms with Crippen molar-refractivity contribution in [2.24, 2.45) is 5.92 Å². The molecule has 1 aliphatic carbocycles. The number of ether oxygens (including phenoxy) is 1. The van der Waals surface area contributed by atoms with Crippen LogP contribution in [-0.2, 0) is 4.79 Å². The summed E-state index contributed by atoms with van der Waals surface area (Å²) in [5, 5.41) is 6.45. The van der Waals surface area contributed by atoms with Gasteiger partial charge in [-0.3, -0.25) is 10.1 Å². The molecule has 0 bridgehead atoms. The molecule has 0 aromatic heterocycles. The third-order valence-electron chi connectivity index (χ3n) is 4.43. The van der Waals surface area contributed by atoms with Crippen LogP contribution in [0.2, 0.25) is 0 Å². The van der Waals surface area contributed by atoms with Crippen molar-refractivity contribution >= 4 is 11.6 Å². The Labute approximate surface area is 143 Å². The summed E-state index contributed by atoms with van der Waals surface area (Å²) in [5.74, 6) is 1.38. The fourth-order valence-corrected chi connectivity index (χ4v) is 2.86. The highest BCUT2D eigenvalue weighted by molar-refractivity contribution is 5.94. The number of nitrogens with one attached hydrogen (secondary N) is 2. The molecule has 1 saturated carbocycles. The zero-order chi connectivity index (χ0) is 16.9. The van der Waals surface area contributed by atoms with Gasteiger partial charge in [0, 0.05) is 11.7 Å². The molecule has 2 aromatic carbocycles. The topological polar surface area (TPSA) is 50.4 Å². The van der Waals surface area contributed by atoms with E-state index >= 15 is 0 Å². The lowest BCUT2D eigenvalue weighted by Crippen LogP contribution is -2.40.